The molecule has 3 aliphatic carbocycles. The number of nitrogens with zero attached hydrogens (tertiary/aromatic N) is 3. The predicted octanol–water partition coefficient (Wildman–Crippen LogP) is 15.8. The molecule has 0 unspecified atom stereocenters. The molecule has 0 fully saturated rings. The van der Waals surface area contributed by atoms with Crippen LogP contribution in [0.4, 0.5) is 4.39 Å². The SMILES string of the molecule is COC(=O)[C@H](Cc1ccc(F)cc1)NC(=O)c1[nH]nc2c1CCCC/C2=C\c1ccc(Cl)cc1.C[C@H](NS(=O)(=O)/C=C/c1[nH]nc2c1CCCC/C2=C\c1ccc(Cl)cc1)c1ccccc1.O=C(N[C@@H](CO)c1ccccc1)c1[nH]nc2c1CCCC/C2=C\c1cccc(Cl)c1. The number of fused-ring (bicyclic) bond motifs is 3. The van der Waals surface area contributed by atoms with Crippen molar-refractivity contribution in [3.05, 3.63) is 268 Å². The molecule has 0 spiro atoms. The Balaban J connectivity index is 0.000000157. The lowest BCUT2D eigenvalue weighted by Gasteiger charge is -2.16. The van der Waals surface area contributed by atoms with Crippen LogP contribution in [-0.4, -0.2) is 81.7 Å². The summed E-state index contributed by atoms with van der Waals surface area (Å²) in [5.74, 6) is -1.63. The number of rotatable bonds is 17. The van der Waals surface area contributed by atoms with Gasteiger partial charge < -0.3 is 20.5 Å². The fraction of sp³-hybridized carbons (Fsp3) is 0.253. The highest BCUT2D eigenvalue weighted by Gasteiger charge is 2.29. The van der Waals surface area contributed by atoms with Crippen LogP contribution in [0.2, 0.25) is 15.1 Å². The molecule has 12 rings (SSSR count). The second-order valence-corrected chi connectivity index (χ2v) is 26.6. The molecule has 0 saturated carbocycles. The summed E-state index contributed by atoms with van der Waals surface area (Å²) in [6.07, 6.45) is 19.1. The third-order valence-electron chi connectivity index (χ3n) is 16.9. The number of H-pyrrole nitrogens is 3. The van der Waals surface area contributed by atoms with E-state index < -0.39 is 34.0 Å². The molecule has 0 aliphatic heterocycles. The Morgan fingerprint density at radius 1 is 0.573 bits per heavy atom. The molecule has 3 aromatic heterocycles. The topological polar surface area (TPSA) is 237 Å². The van der Waals surface area contributed by atoms with Gasteiger partial charge in [0.05, 0.1) is 42.5 Å². The number of nitrogens with one attached hydrogen (secondary N) is 6. The van der Waals surface area contributed by atoms with E-state index in [2.05, 4.69) is 64.2 Å². The molecular formula is C75H75Cl3FN9O7S. The van der Waals surface area contributed by atoms with E-state index in [4.69, 9.17) is 39.5 Å². The van der Waals surface area contributed by atoms with Crippen molar-refractivity contribution in [2.45, 2.75) is 109 Å². The molecule has 9 aromatic rings. The van der Waals surface area contributed by atoms with Gasteiger partial charge in [0.15, 0.2) is 0 Å². The Morgan fingerprint density at radius 2 is 1.05 bits per heavy atom. The van der Waals surface area contributed by atoms with E-state index in [0.29, 0.717) is 38.4 Å². The smallest absolute Gasteiger partial charge is 0.328 e. The predicted molar refractivity (Wildman–Crippen MR) is 379 cm³/mol. The van der Waals surface area contributed by atoms with Gasteiger partial charge in [-0.3, -0.25) is 24.9 Å². The van der Waals surface area contributed by atoms with Gasteiger partial charge in [0.1, 0.15) is 23.2 Å². The number of hydrogen-bond acceptors (Lipinski definition) is 10. The van der Waals surface area contributed by atoms with Crippen LogP contribution in [0.15, 0.2) is 163 Å². The van der Waals surface area contributed by atoms with Crippen molar-refractivity contribution in [3.63, 3.8) is 0 Å². The normalized spacial score (nSPS) is 16.0. The van der Waals surface area contributed by atoms with Crippen molar-refractivity contribution in [1.29, 1.82) is 0 Å². The molecule has 2 amide bonds. The van der Waals surface area contributed by atoms with Gasteiger partial charge in [-0.25, -0.2) is 22.3 Å². The average molecular weight is 1370 g/mol. The molecule has 0 bridgehead atoms. The number of carbonyl (C=O) groups excluding carboxylic acids is 3. The molecule has 7 N–H and O–H groups in total. The molecule has 96 heavy (non-hydrogen) atoms. The van der Waals surface area contributed by atoms with E-state index in [1.165, 1.54) is 24.7 Å². The number of ether oxygens (including phenoxy) is 1. The highest BCUT2D eigenvalue weighted by molar-refractivity contribution is 7.92. The van der Waals surface area contributed by atoms with Crippen LogP contribution in [0.3, 0.4) is 0 Å². The van der Waals surface area contributed by atoms with Gasteiger partial charge in [0.25, 0.3) is 11.8 Å². The molecule has 3 aliphatic rings. The highest BCUT2D eigenvalue weighted by Crippen LogP contribution is 2.36. The van der Waals surface area contributed by atoms with Gasteiger partial charge in [-0.05, 0) is 207 Å². The van der Waals surface area contributed by atoms with Crippen LogP contribution < -0.4 is 15.4 Å². The van der Waals surface area contributed by atoms with Crippen molar-refractivity contribution < 1.29 is 37.0 Å². The summed E-state index contributed by atoms with van der Waals surface area (Å²) in [6.45, 7) is 1.66. The number of hydrogen-bond donors (Lipinski definition) is 7. The number of benzene rings is 6. The van der Waals surface area contributed by atoms with Crippen molar-refractivity contribution in [3.8, 4) is 0 Å². The number of aliphatic hydroxyl groups is 1. The van der Waals surface area contributed by atoms with Crippen LogP contribution >= 0.6 is 34.8 Å². The van der Waals surface area contributed by atoms with Crippen molar-refractivity contribution in [1.82, 2.24) is 45.9 Å². The summed E-state index contributed by atoms with van der Waals surface area (Å²) < 4.78 is 46.1. The molecule has 0 radical (unpaired) electrons. The summed E-state index contributed by atoms with van der Waals surface area (Å²) in [4.78, 5) is 38.6. The number of sulfonamides is 1. The number of methoxy groups -OCH3 is 1. The summed E-state index contributed by atoms with van der Waals surface area (Å²) in [5, 5.41) is 41.1. The summed E-state index contributed by atoms with van der Waals surface area (Å²) in [7, 11) is -2.35. The first kappa shape index (κ1) is 69.8. The first-order chi connectivity index (χ1) is 46.5. The minimum atomic E-state index is -3.61. The third kappa shape index (κ3) is 18.9. The van der Waals surface area contributed by atoms with Crippen molar-refractivity contribution in [2.24, 2.45) is 0 Å². The largest absolute Gasteiger partial charge is 0.467 e. The molecule has 21 heteroatoms. The van der Waals surface area contributed by atoms with E-state index in [1.807, 2.05) is 140 Å². The van der Waals surface area contributed by atoms with E-state index in [1.54, 1.807) is 18.2 Å². The number of aromatic nitrogens is 6. The second kappa shape index (κ2) is 33.6. The molecule has 3 heterocycles. The summed E-state index contributed by atoms with van der Waals surface area (Å²) in [6, 6.07) is 46.0. The zero-order valence-electron chi connectivity index (χ0n) is 53.2. The lowest BCUT2D eigenvalue weighted by molar-refractivity contribution is -0.142. The summed E-state index contributed by atoms with van der Waals surface area (Å²) in [5.41, 5.74) is 15.8. The zero-order chi connectivity index (χ0) is 67.6. The minimum Gasteiger partial charge on any atom is -0.467 e. The van der Waals surface area contributed by atoms with Crippen LogP contribution in [0.25, 0.3) is 41.0 Å². The number of carbonyl (C=O) groups is 3. The van der Waals surface area contributed by atoms with Crippen molar-refractivity contribution >= 4 is 104 Å². The van der Waals surface area contributed by atoms with Gasteiger partial charge in [0.2, 0.25) is 10.0 Å². The summed E-state index contributed by atoms with van der Waals surface area (Å²) >= 11 is 18.1. The van der Waals surface area contributed by atoms with Crippen LogP contribution in [0.1, 0.15) is 171 Å². The molecule has 3 atom stereocenters. The molecular weight excluding hydrogens is 1300 g/mol. The number of esters is 1. The van der Waals surface area contributed by atoms with E-state index in [-0.39, 0.29) is 30.8 Å². The number of allylic oxidation sites excluding steroid dienone is 3. The van der Waals surface area contributed by atoms with Crippen LogP contribution in [-0.2, 0) is 45.2 Å². The van der Waals surface area contributed by atoms with Gasteiger partial charge in [-0.2, -0.15) is 15.3 Å². The Bertz CT molecular complexity index is 4380. The number of halogens is 4. The highest BCUT2D eigenvalue weighted by atomic mass is 35.5. The molecule has 16 nitrogen and oxygen atoms in total. The molecule has 496 valence electrons. The average Bonchev–Trinajstić information content (AvgIpc) is 1.67. The standard InChI is InChI=1S/C26H25ClFN3O3.C25H26ClN3O2S.C24H24ClN3O2/c1-34-26(33)22(15-17-8-12-20(28)13-9-17)29-25(32)24-21-5-3-2-4-18(23(21)30-31-24)14-16-6-10-19(27)11-7-16;1-18(20-7-3-2-4-8-20)29-32(30,31)16-15-24-23-10-6-5-9-21(25(23)28-27-24)17-19-11-13-22(26)14-12-19;25-19-11-6-7-16(14-19)13-18-10-4-5-12-20-22(18)27-28-23(20)24(30)26-21(15-29)17-8-2-1-3-9-17/h6-14,22H,2-5,15H2,1H3,(H,29,32)(H,30,31);2-4,7-8,11-18,29H,5-6,9-10H2,1H3,(H,27,28);1-3,6-9,11,13-14,21,29H,4-5,10,12,15H2,(H,26,30)(H,27,28)/b18-14+;16-15+,21-17+;18-13+/t22-;18-;21-/m000/s1. The monoisotopic (exact) mass is 1370 g/mol. The maximum atomic E-state index is 13.2. The van der Waals surface area contributed by atoms with Gasteiger partial charge in [-0.1, -0.05) is 144 Å². The first-order valence-corrected chi connectivity index (χ1v) is 34.7. The Labute approximate surface area is 573 Å². The maximum Gasteiger partial charge on any atom is 0.328 e. The fourth-order valence-electron chi connectivity index (χ4n) is 11.9. The number of aromatic amines is 3. The number of amides is 2. The maximum absolute atomic E-state index is 13.2. The Kier molecular flexibility index (Phi) is 24.4. The van der Waals surface area contributed by atoms with E-state index >= 15 is 0 Å². The zero-order valence-corrected chi connectivity index (χ0v) is 56.3. The third-order valence-corrected chi connectivity index (χ3v) is 18.8. The Hall–Kier alpha value is -9.01. The minimum absolute atomic E-state index is 0.175. The molecule has 6 aromatic carbocycles. The lowest BCUT2D eigenvalue weighted by atomic mass is 10.0. The van der Waals surface area contributed by atoms with Crippen molar-refractivity contribution in [2.75, 3.05) is 13.7 Å². The van der Waals surface area contributed by atoms with Gasteiger partial charge in [0, 0.05) is 49.6 Å². The van der Waals surface area contributed by atoms with Crippen LogP contribution in [0.5, 0.6) is 0 Å². The van der Waals surface area contributed by atoms with E-state index in [0.717, 1.165) is 155 Å². The lowest BCUT2D eigenvalue weighted by Crippen LogP contribution is -2.43. The fourth-order valence-corrected chi connectivity index (χ4v) is 13.4. The van der Waals surface area contributed by atoms with Crippen LogP contribution in [0, 0.1) is 5.82 Å². The quantitative estimate of drug-likeness (QED) is 0.0336. The molecule has 0 saturated heterocycles. The van der Waals surface area contributed by atoms with E-state index in [9.17, 15) is 32.3 Å². The first-order valence-electron chi connectivity index (χ1n) is 32.0. The Morgan fingerprint density at radius 3 is 1.57 bits per heavy atom. The van der Waals surface area contributed by atoms with Gasteiger partial charge >= 0.3 is 5.97 Å². The van der Waals surface area contributed by atoms with Gasteiger partial charge in [-0.15, -0.1) is 0 Å². The number of aliphatic hydroxyl groups excluding tert-OH is 1. The second-order valence-electron chi connectivity index (χ2n) is 23.7.